The number of aromatic nitrogens is 4. The molecule has 0 saturated carbocycles. The number of nitrogens with zero attached hydrogens (tertiary/aromatic N) is 4. The Bertz CT molecular complexity index is 1910. The molecule has 2 heterocycles. The predicted molar refractivity (Wildman–Crippen MR) is 169 cm³/mol. The van der Waals surface area contributed by atoms with E-state index in [4.69, 9.17) is 14.7 Å². The number of nitrogens with one attached hydrogen (secondary N) is 1. The van der Waals surface area contributed by atoms with Crippen LogP contribution in [0.1, 0.15) is 28.7 Å². The summed E-state index contributed by atoms with van der Waals surface area (Å²) in [4.78, 5) is 14.2. The normalized spacial score (nSPS) is 13.1. The monoisotopic (exact) mass is 585 g/mol. The van der Waals surface area contributed by atoms with Crippen LogP contribution in [0, 0.1) is 5.82 Å². The zero-order valence-electron chi connectivity index (χ0n) is 24.2. The highest BCUT2D eigenvalue weighted by molar-refractivity contribution is 5.83. The summed E-state index contributed by atoms with van der Waals surface area (Å²) in [6, 6.07) is 30.7. The Balaban J connectivity index is 1.21. The Labute approximate surface area is 255 Å². The van der Waals surface area contributed by atoms with Crippen molar-refractivity contribution in [2.24, 2.45) is 0 Å². The average molecular weight is 586 g/mol. The van der Waals surface area contributed by atoms with Crippen LogP contribution < -0.4 is 10.1 Å². The molecule has 1 atom stereocenters. The van der Waals surface area contributed by atoms with Crippen molar-refractivity contribution in [2.75, 3.05) is 11.9 Å². The molecule has 2 aromatic heterocycles. The van der Waals surface area contributed by atoms with E-state index in [1.54, 1.807) is 18.5 Å². The molecule has 0 unspecified atom stereocenters. The second-order valence-electron chi connectivity index (χ2n) is 11.2. The predicted octanol–water partition coefficient (Wildman–Crippen LogP) is 6.98. The van der Waals surface area contributed by atoms with Gasteiger partial charge in [0, 0.05) is 5.56 Å². The number of aliphatic hydroxyl groups is 1. The highest BCUT2D eigenvalue weighted by Gasteiger charge is 2.19. The van der Waals surface area contributed by atoms with Crippen LogP contribution in [0.3, 0.4) is 0 Å². The summed E-state index contributed by atoms with van der Waals surface area (Å²) in [5, 5.41) is 13.7. The molecule has 1 aliphatic rings. The van der Waals surface area contributed by atoms with E-state index in [1.165, 1.54) is 17.2 Å². The molecule has 220 valence electrons. The van der Waals surface area contributed by atoms with E-state index in [0.717, 1.165) is 36.0 Å². The summed E-state index contributed by atoms with van der Waals surface area (Å²) in [6.45, 7) is 0.409. The zero-order chi connectivity index (χ0) is 29.9. The van der Waals surface area contributed by atoms with Gasteiger partial charge in [-0.25, -0.2) is 9.37 Å². The number of aryl methyl sites for hydroxylation is 2. The van der Waals surface area contributed by atoms with Crippen molar-refractivity contribution >= 4 is 17.0 Å². The molecule has 0 fully saturated rings. The molecule has 2 N–H and O–H groups in total. The van der Waals surface area contributed by atoms with Gasteiger partial charge < -0.3 is 19.7 Å². The fourth-order valence-corrected chi connectivity index (χ4v) is 5.84. The molecule has 0 amide bonds. The fraction of sp³-hybridized carbons (Fsp3) is 0.194. The summed E-state index contributed by atoms with van der Waals surface area (Å²) >= 11 is 0. The van der Waals surface area contributed by atoms with Crippen molar-refractivity contribution in [3.05, 3.63) is 131 Å². The van der Waals surface area contributed by atoms with Gasteiger partial charge in [0.2, 0.25) is 0 Å². The van der Waals surface area contributed by atoms with Crippen molar-refractivity contribution in [3.8, 4) is 22.9 Å². The van der Waals surface area contributed by atoms with E-state index in [2.05, 4.69) is 22.4 Å². The molecule has 0 saturated heterocycles. The van der Waals surface area contributed by atoms with Gasteiger partial charge in [-0.1, -0.05) is 78.9 Å². The molecule has 0 radical (unpaired) electrons. The van der Waals surface area contributed by atoms with Crippen LogP contribution in [0.15, 0.2) is 103 Å². The summed E-state index contributed by atoms with van der Waals surface area (Å²) in [7, 11) is 0. The van der Waals surface area contributed by atoms with Crippen LogP contribution in [0.25, 0.3) is 22.3 Å². The number of ether oxygens (including phenoxy) is 1. The Kier molecular flexibility index (Phi) is 7.73. The lowest BCUT2D eigenvalue weighted by Crippen LogP contribution is -2.27. The second kappa shape index (κ2) is 12.3. The van der Waals surface area contributed by atoms with E-state index >= 15 is 0 Å². The first-order chi connectivity index (χ1) is 21.6. The lowest BCUT2D eigenvalue weighted by Gasteiger charge is -2.18. The smallest absolute Gasteiger partial charge is 0.326 e. The maximum atomic E-state index is 14.3. The van der Waals surface area contributed by atoms with Gasteiger partial charge in [0.1, 0.15) is 11.6 Å². The first kappa shape index (κ1) is 27.7. The quantitative estimate of drug-likeness (QED) is 0.181. The molecule has 6 aromatic rings. The number of aliphatic hydroxyl groups excluding tert-OH is 1. The van der Waals surface area contributed by atoms with E-state index in [0.29, 0.717) is 41.3 Å². The number of hydrogen-bond acceptors (Lipinski definition) is 6. The topological polar surface area (TPSA) is 85.1 Å². The third-order valence-corrected chi connectivity index (χ3v) is 8.10. The fourth-order valence-electron chi connectivity index (χ4n) is 5.84. The molecule has 0 bridgehead atoms. The number of rotatable bonds is 10. The van der Waals surface area contributed by atoms with E-state index in [-0.39, 0.29) is 24.5 Å². The molecular formula is C36H32FN5O2. The summed E-state index contributed by atoms with van der Waals surface area (Å²) < 4.78 is 22.5. The maximum absolute atomic E-state index is 14.3. The lowest BCUT2D eigenvalue weighted by atomic mass is 10.0. The first-order valence-electron chi connectivity index (χ1n) is 14.9. The van der Waals surface area contributed by atoms with Crippen molar-refractivity contribution < 1.29 is 14.2 Å². The Hall–Kier alpha value is -5.08. The number of fused-ring (bicyclic) bond motifs is 2. The molecule has 1 aliphatic carbocycles. The van der Waals surface area contributed by atoms with Gasteiger partial charge in [-0.2, -0.15) is 9.97 Å². The minimum Gasteiger partial charge on any atom is -0.424 e. The standard InChI is InChI=1S/C36H32FN5O2/c37-32-12-5-4-11-31(32)27-15-13-25(14-16-27)21-42-23-38-33-34(39-29(22-43)19-24-7-2-1-3-8-24)40-36(41-35(33)42)44-30-18-17-26-9-6-10-28(26)20-30/h1-5,7-8,11-18,20,23,29,43H,6,9-10,19,21-22H2,(H,39,40,41)/t29-/m0/s1. The summed E-state index contributed by atoms with van der Waals surface area (Å²) in [5.41, 5.74) is 7.34. The largest absolute Gasteiger partial charge is 0.424 e. The minimum absolute atomic E-state index is 0.0868. The van der Waals surface area contributed by atoms with Crippen LogP contribution in [-0.4, -0.2) is 37.3 Å². The van der Waals surface area contributed by atoms with Gasteiger partial charge in [0.25, 0.3) is 0 Å². The number of imidazole rings is 1. The lowest BCUT2D eigenvalue weighted by molar-refractivity contribution is 0.273. The average Bonchev–Trinajstić information content (AvgIpc) is 3.69. The van der Waals surface area contributed by atoms with Gasteiger partial charge >= 0.3 is 6.01 Å². The highest BCUT2D eigenvalue weighted by Crippen LogP contribution is 2.30. The number of halogens is 1. The number of hydrogen-bond donors (Lipinski definition) is 2. The van der Waals surface area contributed by atoms with E-state index in [9.17, 15) is 9.50 Å². The molecule has 0 aliphatic heterocycles. The Morgan fingerprint density at radius 1 is 0.864 bits per heavy atom. The third kappa shape index (κ3) is 5.89. The molecule has 7 nitrogen and oxygen atoms in total. The van der Waals surface area contributed by atoms with Gasteiger partial charge in [0.15, 0.2) is 17.0 Å². The zero-order valence-corrected chi connectivity index (χ0v) is 24.2. The molecule has 7 rings (SSSR count). The van der Waals surface area contributed by atoms with Crippen LogP contribution in [0.5, 0.6) is 11.8 Å². The minimum atomic E-state index is -0.292. The van der Waals surface area contributed by atoms with Crippen molar-refractivity contribution in [3.63, 3.8) is 0 Å². The van der Waals surface area contributed by atoms with E-state index in [1.807, 2.05) is 71.3 Å². The van der Waals surface area contributed by atoms with E-state index < -0.39 is 0 Å². The molecule has 4 aromatic carbocycles. The van der Waals surface area contributed by atoms with Crippen LogP contribution in [-0.2, 0) is 25.8 Å². The Morgan fingerprint density at radius 3 is 2.48 bits per heavy atom. The molecule has 8 heteroatoms. The third-order valence-electron chi connectivity index (χ3n) is 8.10. The van der Waals surface area contributed by atoms with Crippen molar-refractivity contribution in [1.82, 2.24) is 19.5 Å². The summed E-state index contributed by atoms with van der Waals surface area (Å²) in [5.74, 6) is 0.936. The van der Waals surface area contributed by atoms with Crippen LogP contribution >= 0.6 is 0 Å². The molecule has 44 heavy (non-hydrogen) atoms. The SMILES string of the molecule is OC[C@H](Cc1ccccc1)Nc1nc(Oc2ccc3c(c2)CCC3)nc2c1ncn2Cc1ccc(-c2ccccc2F)cc1. The van der Waals surface area contributed by atoms with Crippen molar-refractivity contribution in [2.45, 2.75) is 38.3 Å². The van der Waals surface area contributed by atoms with Crippen LogP contribution in [0.2, 0.25) is 0 Å². The molecular weight excluding hydrogens is 553 g/mol. The van der Waals surface area contributed by atoms with Gasteiger partial charge in [-0.15, -0.1) is 0 Å². The number of benzene rings is 4. The van der Waals surface area contributed by atoms with Gasteiger partial charge in [-0.3, -0.25) is 0 Å². The summed E-state index contributed by atoms with van der Waals surface area (Å²) in [6.07, 6.45) is 5.63. The van der Waals surface area contributed by atoms with Crippen molar-refractivity contribution in [1.29, 1.82) is 0 Å². The van der Waals surface area contributed by atoms with Gasteiger partial charge in [-0.05, 0) is 71.7 Å². The Morgan fingerprint density at radius 2 is 1.66 bits per heavy atom. The number of anilines is 1. The molecule has 0 spiro atoms. The van der Waals surface area contributed by atoms with Crippen LogP contribution in [0.4, 0.5) is 10.2 Å². The van der Waals surface area contributed by atoms with Gasteiger partial charge in [0.05, 0.1) is 25.5 Å². The second-order valence-corrected chi connectivity index (χ2v) is 11.2. The maximum Gasteiger partial charge on any atom is 0.326 e. The highest BCUT2D eigenvalue weighted by atomic mass is 19.1. The first-order valence-corrected chi connectivity index (χ1v) is 14.9.